The lowest BCUT2D eigenvalue weighted by Crippen LogP contribution is -2.08. The summed E-state index contributed by atoms with van der Waals surface area (Å²) in [7, 11) is 0. The van der Waals surface area contributed by atoms with Crippen LogP contribution in [0.2, 0.25) is 0 Å². The summed E-state index contributed by atoms with van der Waals surface area (Å²) in [5.41, 5.74) is 5.87. The number of nitrogens with zero attached hydrogens (tertiary/aromatic N) is 2. The topological polar surface area (TPSA) is 43.3 Å². The number of imidazole rings is 1. The van der Waals surface area contributed by atoms with E-state index in [0.29, 0.717) is 24.3 Å². The van der Waals surface area contributed by atoms with Gasteiger partial charge in [0.1, 0.15) is 5.65 Å². The van der Waals surface area contributed by atoms with Crippen molar-refractivity contribution in [3.8, 4) is 0 Å². The third-order valence-electron chi connectivity index (χ3n) is 2.31. The van der Waals surface area contributed by atoms with Gasteiger partial charge in [0.15, 0.2) is 0 Å². The molecule has 86 valence electrons. The summed E-state index contributed by atoms with van der Waals surface area (Å²) in [6.07, 6.45) is -1.24. The maximum Gasteiger partial charge on any atom is 0.417 e. The molecule has 0 amide bonds. The molecule has 2 N–H and O–H groups in total. The van der Waals surface area contributed by atoms with Gasteiger partial charge in [-0.2, -0.15) is 13.2 Å². The molecule has 0 radical (unpaired) electrons. The van der Waals surface area contributed by atoms with Crippen molar-refractivity contribution in [1.82, 2.24) is 9.38 Å². The zero-order chi connectivity index (χ0) is 11.8. The first-order valence-corrected chi connectivity index (χ1v) is 4.75. The van der Waals surface area contributed by atoms with Crippen molar-refractivity contribution in [3.05, 3.63) is 35.8 Å². The van der Waals surface area contributed by atoms with E-state index < -0.39 is 11.7 Å². The smallest absolute Gasteiger partial charge is 0.330 e. The second-order valence-electron chi connectivity index (χ2n) is 3.43. The van der Waals surface area contributed by atoms with Crippen LogP contribution < -0.4 is 5.73 Å². The van der Waals surface area contributed by atoms with Gasteiger partial charge in [-0.1, -0.05) is 0 Å². The summed E-state index contributed by atoms with van der Waals surface area (Å²) in [6, 6.07) is 2.37. The fraction of sp³-hybridized carbons (Fsp3) is 0.300. The standard InChI is InChI=1S/C10H10F3N3/c11-10(12,13)7-1-2-9-15-5-8(3-4-14)16(9)6-7/h1-2,5-6H,3-4,14H2. The highest BCUT2D eigenvalue weighted by Crippen LogP contribution is 2.29. The molecule has 3 nitrogen and oxygen atoms in total. The second-order valence-corrected chi connectivity index (χ2v) is 3.43. The number of fused-ring (bicyclic) bond motifs is 1. The summed E-state index contributed by atoms with van der Waals surface area (Å²) in [5, 5.41) is 0. The van der Waals surface area contributed by atoms with E-state index in [1.165, 1.54) is 10.5 Å². The van der Waals surface area contributed by atoms with E-state index in [4.69, 9.17) is 5.73 Å². The van der Waals surface area contributed by atoms with Gasteiger partial charge in [0.05, 0.1) is 5.56 Å². The molecule has 0 spiro atoms. The Morgan fingerprint density at radius 2 is 2.06 bits per heavy atom. The molecular formula is C10H10F3N3. The van der Waals surface area contributed by atoms with E-state index >= 15 is 0 Å². The normalized spacial score (nSPS) is 12.2. The predicted octanol–water partition coefficient (Wildman–Crippen LogP) is 1.85. The average Bonchev–Trinajstić information content (AvgIpc) is 2.60. The predicted molar refractivity (Wildman–Crippen MR) is 53.0 cm³/mol. The van der Waals surface area contributed by atoms with Crippen LogP contribution in [0.5, 0.6) is 0 Å². The Balaban J connectivity index is 2.54. The SMILES string of the molecule is NCCc1cnc2ccc(C(F)(F)F)cn12. The van der Waals surface area contributed by atoms with Crippen molar-refractivity contribution in [2.45, 2.75) is 12.6 Å². The van der Waals surface area contributed by atoms with Crippen LogP contribution in [0.4, 0.5) is 13.2 Å². The molecule has 2 aromatic rings. The lowest BCUT2D eigenvalue weighted by molar-refractivity contribution is -0.137. The van der Waals surface area contributed by atoms with Crippen LogP contribution >= 0.6 is 0 Å². The maximum absolute atomic E-state index is 12.5. The minimum Gasteiger partial charge on any atom is -0.330 e. The number of hydrogen-bond donors (Lipinski definition) is 1. The van der Waals surface area contributed by atoms with Crippen molar-refractivity contribution in [1.29, 1.82) is 0 Å². The number of aromatic nitrogens is 2. The van der Waals surface area contributed by atoms with Crippen molar-refractivity contribution in [3.63, 3.8) is 0 Å². The fourth-order valence-corrected chi connectivity index (χ4v) is 1.53. The molecule has 0 unspecified atom stereocenters. The molecule has 6 heteroatoms. The quantitative estimate of drug-likeness (QED) is 0.854. The van der Waals surface area contributed by atoms with Crippen LogP contribution in [0.1, 0.15) is 11.3 Å². The van der Waals surface area contributed by atoms with Crippen LogP contribution in [0.15, 0.2) is 24.5 Å². The number of halogens is 3. The van der Waals surface area contributed by atoms with E-state index in [1.54, 1.807) is 6.20 Å². The first kappa shape index (κ1) is 10.9. The molecule has 2 heterocycles. The van der Waals surface area contributed by atoms with Crippen molar-refractivity contribution < 1.29 is 13.2 Å². The number of alkyl halides is 3. The Hall–Kier alpha value is -1.56. The van der Waals surface area contributed by atoms with Crippen LogP contribution in [-0.4, -0.2) is 15.9 Å². The molecule has 0 aliphatic heterocycles. The second kappa shape index (κ2) is 3.79. The van der Waals surface area contributed by atoms with Crippen molar-refractivity contribution in [2.24, 2.45) is 5.73 Å². The minimum atomic E-state index is -4.33. The minimum absolute atomic E-state index is 0.379. The number of pyridine rings is 1. The van der Waals surface area contributed by atoms with Gasteiger partial charge >= 0.3 is 6.18 Å². The van der Waals surface area contributed by atoms with E-state index in [-0.39, 0.29) is 0 Å². The lowest BCUT2D eigenvalue weighted by Gasteiger charge is -2.07. The van der Waals surface area contributed by atoms with Crippen LogP contribution in [0.25, 0.3) is 5.65 Å². The highest BCUT2D eigenvalue weighted by molar-refractivity contribution is 5.42. The largest absolute Gasteiger partial charge is 0.417 e. The van der Waals surface area contributed by atoms with Gasteiger partial charge in [-0.3, -0.25) is 0 Å². The molecular weight excluding hydrogens is 219 g/mol. The Morgan fingerprint density at radius 3 is 2.69 bits per heavy atom. The zero-order valence-electron chi connectivity index (χ0n) is 8.33. The maximum atomic E-state index is 12.5. The highest BCUT2D eigenvalue weighted by Gasteiger charge is 2.30. The fourth-order valence-electron chi connectivity index (χ4n) is 1.53. The van der Waals surface area contributed by atoms with E-state index in [1.807, 2.05) is 0 Å². The first-order valence-electron chi connectivity index (χ1n) is 4.75. The summed E-state index contributed by atoms with van der Waals surface area (Å²) in [5.74, 6) is 0. The van der Waals surface area contributed by atoms with Crippen LogP contribution in [-0.2, 0) is 12.6 Å². The summed E-state index contributed by atoms with van der Waals surface area (Å²) >= 11 is 0. The monoisotopic (exact) mass is 229 g/mol. The third kappa shape index (κ3) is 1.88. The molecule has 0 atom stereocenters. The molecule has 2 rings (SSSR count). The van der Waals surface area contributed by atoms with E-state index in [9.17, 15) is 13.2 Å². The Labute approximate surface area is 89.7 Å². The van der Waals surface area contributed by atoms with Gasteiger partial charge in [0, 0.05) is 24.5 Å². The van der Waals surface area contributed by atoms with Crippen molar-refractivity contribution in [2.75, 3.05) is 6.54 Å². The van der Waals surface area contributed by atoms with Gasteiger partial charge in [0.2, 0.25) is 0 Å². The number of rotatable bonds is 2. The number of nitrogens with two attached hydrogens (primary N) is 1. The summed E-state index contributed by atoms with van der Waals surface area (Å²) < 4.78 is 38.9. The third-order valence-corrected chi connectivity index (χ3v) is 2.31. The molecule has 0 bridgehead atoms. The van der Waals surface area contributed by atoms with Crippen LogP contribution in [0.3, 0.4) is 0 Å². The molecule has 0 aliphatic rings. The Bertz CT molecular complexity index is 501. The lowest BCUT2D eigenvalue weighted by atomic mass is 10.2. The highest BCUT2D eigenvalue weighted by atomic mass is 19.4. The van der Waals surface area contributed by atoms with Crippen LogP contribution in [0, 0.1) is 0 Å². The molecule has 0 saturated heterocycles. The molecule has 0 aliphatic carbocycles. The van der Waals surface area contributed by atoms with Gasteiger partial charge in [-0.15, -0.1) is 0 Å². The molecule has 0 fully saturated rings. The van der Waals surface area contributed by atoms with Gasteiger partial charge < -0.3 is 10.1 Å². The Kier molecular flexibility index (Phi) is 2.59. The van der Waals surface area contributed by atoms with Gasteiger partial charge in [0.25, 0.3) is 0 Å². The summed E-state index contributed by atoms with van der Waals surface area (Å²) in [4.78, 5) is 4.00. The first-order chi connectivity index (χ1) is 7.52. The van der Waals surface area contributed by atoms with E-state index in [0.717, 1.165) is 12.3 Å². The average molecular weight is 229 g/mol. The molecule has 0 aromatic carbocycles. The van der Waals surface area contributed by atoms with Gasteiger partial charge in [-0.05, 0) is 18.7 Å². The summed E-state index contributed by atoms with van der Waals surface area (Å²) in [6.45, 7) is 0.379. The number of hydrogen-bond acceptors (Lipinski definition) is 2. The zero-order valence-corrected chi connectivity index (χ0v) is 8.33. The Morgan fingerprint density at radius 1 is 1.31 bits per heavy atom. The molecule has 16 heavy (non-hydrogen) atoms. The molecule has 0 saturated carbocycles. The van der Waals surface area contributed by atoms with Crippen molar-refractivity contribution >= 4 is 5.65 Å². The van der Waals surface area contributed by atoms with E-state index in [2.05, 4.69) is 4.98 Å². The van der Waals surface area contributed by atoms with Gasteiger partial charge in [-0.25, -0.2) is 4.98 Å². The molecule has 2 aromatic heterocycles.